The average Bonchev–Trinajstić information content (AvgIpc) is 2.81. The highest BCUT2D eigenvalue weighted by molar-refractivity contribution is 7.80. The van der Waals surface area contributed by atoms with Crippen molar-refractivity contribution in [1.82, 2.24) is 10.3 Å². The number of aromatic nitrogens is 1. The highest BCUT2D eigenvalue weighted by Gasteiger charge is 2.13. The predicted molar refractivity (Wildman–Crippen MR) is 103 cm³/mol. The lowest BCUT2D eigenvalue weighted by Crippen LogP contribution is -2.37. The average molecular weight is 346 g/mol. The third kappa shape index (κ3) is 4.75. The molecule has 0 aliphatic heterocycles. The minimum atomic E-state index is 0.516. The maximum Gasteiger partial charge on any atom is 0.170 e. The first-order valence-corrected chi connectivity index (χ1v) is 9.59. The van der Waals surface area contributed by atoms with E-state index in [1.807, 2.05) is 19.1 Å². The zero-order chi connectivity index (χ0) is 16.1. The van der Waals surface area contributed by atoms with Crippen LogP contribution in [0.25, 0.3) is 11.3 Å². The van der Waals surface area contributed by atoms with Crippen molar-refractivity contribution < 1.29 is 0 Å². The number of rotatable bonds is 3. The van der Waals surface area contributed by atoms with Gasteiger partial charge in [0.2, 0.25) is 0 Å². The fourth-order valence-corrected chi connectivity index (χ4v) is 3.94. The van der Waals surface area contributed by atoms with Crippen LogP contribution in [-0.2, 0) is 0 Å². The molecule has 23 heavy (non-hydrogen) atoms. The standard InChI is InChI=1S/C18H23N3S2/c1-13-19-17(12-23-13)14-7-6-10-16(11-14)21-18(22)20-15-8-4-2-3-5-9-15/h6-7,10-12,15H,2-5,8-9H2,1H3,(H2,20,21,22). The van der Waals surface area contributed by atoms with Crippen molar-refractivity contribution >= 4 is 34.4 Å². The molecule has 1 aromatic carbocycles. The molecule has 0 spiro atoms. The molecule has 2 aromatic rings. The van der Waals surface area contributed by atoms with Crippen molar-refractivity contribution in [2.45, 2.75) is 51.5 Å². The third-order valence-electron chi connectivity index (χ3n) is 4.23. The van der Waals surface area contributed by atoms with Crippen molar-refractivity contribution in [2.24, 2.45) is 0 Å². The van der Waals surface area contributed by atoms with Gasteiger partial charge in [0.25, 0.3) is 0 Å². The summed E-state index contributed by atoms with van der Waals surface area (Å²) >= 11 is 7.16. The predicted octanol–water partition coefficient (Wildman–Crippen LogP) is 5.13. The first kappa shape index (κ1) is 16.4. The summed E-state index contributed by atoms with van der Waals surface area (Å²) in [6, 6.07) is 8.79. The molecule has 2 N–H and O–H groups in total. The second-order valence-corrected chi connectivity index (χ2v) is 7.59. The zero-order valence-corrected chi connectivity index (χ0v) is 15.1. The molecule has 1 aromatic heterocycles. The second kappa shape index (κ2) is 7.88. The number of aryl methyl sites for hydroxylation is 1. The number of benzene rings is 1. The number of anilines is 1. The van der Waals surface area contributed by atoms with Crippen LogP contribution in [-0.4, -0.2) is 16.1 Å². The quantitative estimate of drug-likeness (QED) is 0.597. The molecule has 0 unspecified atom stereocenters. The molecule has 0 radical (unpaired) electrons. The Balaban J connectivity index is 1.62. The van der Waals surface area contributed by atoms with E-state index in [1.165, 1.54) is 38.5 Å². The zero-order valence-electron chi connectivity index (χ0n) is 13.5. The van der Waals surface area contributed by atoms with Crippen LogP contribution >= 0.6 is 23.6 Å². The number of nitrogens with one attached hydrogen (secondary N) is 2. The van der Waals surface area contributed by atoms with Gasteiger partial charge < -0.3 is 10.6 Å². The minimum absolute atomic E-state index is 0.516. The number of thiazole rings is 1. The molecular formula is C18H23N3S2. The number of nitrogens with zero attached hydrogens (tertiary/aromatic N) is 1. The van der Waals surface area contributed by atoms with E-state index in [4.69, 9.17) is 12.2 Å². The Morgan fingerprint density at radius 3 is 2.70 bits per heavy atom. The van der Waals surface area contributed by atoms with E-state index in [9.17, 15) is 0 Å². The largest absolute Gasteiger partial charge is 0.360 e. The molecule has 1 fully saturated rings. The molecule has 5 heteroatoms. The third-order valence-corrected chi connectivity index (χ3v) is 5.22. The molecular weight excluding hydrogens is 322 g/mol. The summed E-state index contributed by atoms with van der Waals surface area (Å²) in [4.78, 5) is 4.55. The monoisotopic (exact) mass is 345 g/mol. The van der Waals surface area contributed by atoms with E-state index in [1.54, 1.807) is 11.3 Å². The maximum atomic E-state index is 5.49. The van der Waals surface area contributed by atoms with E-state index in [0.717, 1.165) is 27.1 Å². The highest BCUT2D eigenvalue weighted by Crippen LogP contribution is 2.24. The normalized spacial score (nSPS) is 15.9. The highest BCUT2D eigenvalue weighted by atomic mass is 32.1. The van der Waals surface area contributed by atoms with Gasteiger partial charge in [0.05, 0.1) is 10.7 Å². The molecule has 0 amide bonds. The van der Waals surface area contributed by atoms with E-state index in [-0.39, 0.29) is 0 Å². The number of thiocarbonyl (C=S) groups is 1. The molecule has 0 bridgehead atoms. The van der Waals surface area contributed by atoms with Crippen molar-refractivity contribution in [2.75, 3.05) is 5.32 Å². The molecule has 122 valence electrons. The molecule has 1 saturated carbocycles. The molecule has 1 heterocycles. The van der Waals surface area contributed by atoms with Crippen LogP contribution in [0.1, 0.15) is 43.5 Å². The van der Waals surface area contributed by atoms with Crippen LogP contribution < -0.4 is 10.6 Å². The summed E-state index contributed by atoms with van der Waals surface area (Å²) in [6.45, 7) is 2.03. The second-order valence-electron chi connectivity index (χ2n) is 6.12. The topological polar surface area (TPSA) is 37.0 Å². The van der Waals surface area contributed by atoms with Gasteiger partial charge in [0.15, 0.2) is 5.11 Å². The molecule has 3 rings (SSSR count). The van der Waals surface area contributed by atoms with E-state index < -0.39 is 0 Å². The lowest BCUT2D eigenvalue weighted by molar-refractivity contribution is 0.535. The van der Waals surface area contributed by atoms with Crippen molar-refractivity contribution in [3.05, 3.63) is 34.7 Å². The van der Waals surface area contributed by atoms with Crippen LogP contribution in [0.3, 0.4) is 0 Å². The SMILES string of the molecule is Cc1nc(-c2cccc(NC(=S)NC3CCCCCC3)c2)cs1. The van der Waals surface area contributed by atoms with Gasteiger partial charge in [-0.1, -0.05) is 37.8 Å². The summed E-state index contributed by atoms with van der Waals surface area (Å²) in [5.41, 5.74) is 3.16. The van der Waals surface area contributed by atoms with Gasteiger partial charge in [-0.25, -0.2) is 4.98 Å². The Bertz CT molecular complexity index is 658. The molecule has 3 nitrogen and oxygen atoms in total. The van der Waals surface area contributed by atoms with Gasteiger partial charge in [-0.3, -0.25) is 0 Å². The Morgan fingerprint density at radius 2 is 2.00 bits per heavy atom. The van der Waals surface area contributed by atoms with Gasteiger partial charge in [0.1, 0.15) is 0 Å². The molecule has 1 aliphatic rings. The van der Waals surface area contributed by atoms with Crippen LogP contribution in [0, 0.1) is 6.92 Å². The summed E-state index contributed by atoms with van der Waals surface area (Å²) in [7, 11) is 0. The first-order chi connectivity index (χ1) is 11.2. The van der Waals surface area contributed by atoms with Gasteiger partial charge in [-0.2, -0.15) is 0 Å². The Hall–Kier alpha value is -1.46. The van der Waals surface area contributed by atoms with E-state index in [0.29, 0.717) is 6.04 Å². The molecule has 1 aliphatic carbocycles. The van der Waals surface area contributed by atoms with E-state index in [2.05, 4.69) is 33.1 Å². The maximum absolute atomic E-state index is 5.49. The Kier molecular flexibility index (Phi) is 5.62. The molecule has 0 atom stereocenters. The number of hydrogen-bond donors (Lipinski definition) is 2. The minimum Gasteiger partial charge on any atom is -0.360 e. The van der Waals surface area contributed by atoms with Crippen molar-refractivity contribution in [1.29, 1.82) is 0 Å². The van der Waals surface area contributed by atoms with Crippen LogP contribution in [0.4, 0.5) is 5.69 Å². The summed E-state index contributed by atoms with van der Waals surface area (Å²) < 4.78 is 0. The smallest absolute Gasteiger partial charge is 0.170 e. The number of hydrogen-bond acceptors (Lipinski definition) is 3. The van der Waals surface area contributed by atoms with Gasteiger partial charge in [-0.15, -0.1) is 11.3 Å². The van der Waals surface area contributed by atoms with Crippen LogP contribution in [0.15, 0.2) is 29.6 Å². The fourth-order valence-electron chi connectivity index (χ4n) is 3.03. The van der Waals surface area contributed by atoms with Gasteiger partial charge in [-0.05, 0) is 44.1 Å². The summed E-state index contributed by atoms with van der Waals surface area (Å²) in [6.07, 6.45) is 7.76. The van der Waals surface area contributed by atoms with E-state index >= 15 is 0 Å². The summed E-state index contributed by atoms with van der Waals surface area (Å²) in [5.74, 6) is 0. The summed E-state index contributed by atoms with van der Waals surface area (Å²) in [5, 5.41) is 10.7. The van der Waals surface area contributed by atoms with Crippen LogP contribution in [0.5, 0.6) is 0 Å². The van der Waals surface area contributed by atoms with Crippen LogP contribution in [0.2, 0.25) is 0 Å². The molecule has 0 saturated heterocycles. The Morgan fingerprint density at radius 1 is 1.22 bits per heavy atom. The Labute approximate surface area is 147 Å². The van der Waals surface area contributed by atoms with Gasteiger partial charge >= 0.3 is 0 Å². The van der Waals surface area contributed by atoms with Crippen molar-refractivity contribution in [3.8, 4) is 11.3 Å². The van der Waals surface area contributed by atoms with Gasteiger partial charge in [0, 0.05) is 22.7 Å². The van der Waals surface area contributed by atoms with Crippen molar-refractivity contribution in [3.63, 3.8) is 0 Å². The lowest BCUT2D eigenvalue weighted by Gasteiger charge is -2.19. The lowest BCUT2D eigenvalue weighted by atomic mass is 10.1. The first-order valence-electron chi connectivity index (χ1n) is 8.31. The fraction of sp³-hybridized carbons (Fsp3) is 0.444.